The second-order valence-electron chi connectivity index (χ2n) is 4.55. The van der Waals surface area contributed by atoms with Crippen LogP contribution in [0, 0.1) is 5.92 Å². The fraction of sp³-hybridized carbons (Fsp3) is 0.615. The van der Waals surface area contributed by atoms with Gasteiger partial charge in [-0.05, 0) is 43.9 Å². The molecule has 0 bridgehead atoms. The maximum absolute atomic E-state index is 5.76. The van der Waals surface area contributed by atoms with Gasteiger partial charge >= 0.3 is 0 Å². The van der Waals surface area contributed by atoms with E-state index in [4.69, 9.17) is 5.73 Å². The molecule has 0 spiro atoms. The molecule has 2 N–H and O–H groups in total. The summed E-state index contributed by atoms with van der Waals surface area (Å²) in [6.07, 6.45) is 5.45. The molecule has 0 aromatic carbocycles. The van der Waals surface area contributed by atoms with Gasteiger partial charge in [0.2, 0.25) is 0 Å². The number of piperidine rings is 1. The van der Waals surface area contributed by atoms with Gasteiger partial charge in [0.05, 0.1) is 0 Å². The predicted molar refractivity (Wildman–Crippen MR) is 67.6 cm³/mol. The summed E-state index contributed by atoms with van der Waals surface area (Å²) in [7, 11) is 0. The Morgan fingerprint density at radius 1 is 1.56 bits per heavy atom. The first kappa shape index (κ1) is 11.4. The van der Waals surface area contributed by atoms with Crippen LogP contribution in [-0.4, -0.2) is 24.6 Å². The van der Waals surface area contributed by atoms with Gasteiger partial charge in [0.1, 0.15) is 0 Å². The first-order valence-corrected chi connectivity index (χ1v) is 6.23. The average molecular weight is 219 g/mol. The summed E-state index contributed by atoms with van der Waals surface area (Å²) in [5.41, 5.74) is 8.24. The molecule has 1 fully saturated rings. The third kappa shape index (κ3) is 2.53. The fourth-order valence-corrected chi connectivity index (χ4v) is 2.35. The lowest BCUT2D eigenvalue weighted by atomic mass is 9.98. The predicted octanol–water partition coefficient (Wildman–Crippen LogP) is 1.82. The summed E-state index contributed by atoms with van der Waals surface area (Å²) in [4.78, 5) is 6.79. The quantitative estimate of drug-likeness (QED) is 0.843. The van der Waals surface area contributed by atoms with E-state index in [1.54, 1.807) is 0 Å². The lowest BCUT2D eigenvalue weighted by Crippen LogP contribution is -2.38. The van der Waals surface area contributed by atoms with Crippen molar-refractivity contribution in [2.24, 2.45) is 11.7 Å². The Hall–Kier alpha value is -1.09. The largest absolute Gasteiger partial charge is 0.371 e. The first-order valence-electron chi connectivity index (χ1n) is 6.23. The zero-order valence-corrected chi connectivity index (χ0v) is 10.0. The van der Waals surface area contributed by atoms with E-state index >= 15 is 0 Å². The van der Waals surface area contributed by atoms with Crippen LogP contribution in [0.1, 0.15) is 25.5 Å². The molecule has 1 saturated heterocycles. The van der Waals surface area contributed by atoms with Gasteiger partial charge in [0.15, 0.2) is 0 Å². The minimum atomic E-state index is 0.659. The number of hydrogen-bond acceptors (Lipinski definition) is 3. The number of aryl methyl sites for hydroxylation is 1. The lowest BCUT2D eigenvalue weighted by Gasteiger charge is -2.34. The average Bonchev–Trinajstić information content (AvgIpc) is 2.39. The second-order valence-corrected chi connectivity index (χ2v) is 4.55. The van der Waals surface area contributed by atoms with E-state index in [1.807, 2.05) is 6.20 Å². The third-order valence-corrected chi connectivity index (χ3v) is 3.38. The maximum Gasteiger partial charge on any atom is 0.0421 e. The van der Waals surface area contributed by atoms with Crippen molar-refractivity contribution in [3.05, 3.63) is 24.0 Å². The van der Waals surface area contributed by atoms with Gasteiger partial charge in [0.25, 0.3) is 0 Å². The summed E-state index contributed by atoms with van der Waals surface area (Å²) in [6.45, 7) is 5.21. The zero-order valence-electron chi connectivity index (χ0n) is 10.0. The Bertz CT molecular complexity index is 338. The number of pyridine rings is 1. The highest BCUT2D eigenvalue weighted by molar-refractivity contribution is 5.47. The summed E-state index contributed by atoms with van der Waals surface area (Å²) >= 11 is 0. The van der Waals surface area contributed by atoms with Crippen molar-refractivity contribution in [2.45, 2.75) is 26.2 Å². The highest BCUT2D eigenvalue weighted by Crippen LogP contribution is 2.22. The molecule has 0 radical (unpaired) electrons. The van der Waals surface area contributed by atoms with E-state index in [1.165, 1.54) is 24.2 Å². The summed E-state index contributed by atoms with van der Waals surface area (Å²) < 4.78 is 0. The molecule has 88 valence electrons. The summed E-state index contributed by atoms with van der Waals surface area (Å²) in [5, 5.41) is 0. The van der Waals surface area contributed by atoms with Crippen molar-refractivity contribution in [2.75, 3.05) is 24.5 Å². The number of aromatic nitrogens is 1. The number of hydrogen-bond donors (Lipinski definition) is 1. The molecular weight excluding hydrogens is 198 g/mol. The van der Waals surface area contributed by atoms with Crippen LogP contribution in [-0.2, 0) is 6.42 Å². The SMILES string of the molecule is CCc1cc(N2CCCC(CN)C2)ccn1. The number of nitrogens with zero attached hydrogens (tertiary/aromatic N) is 2. The summed E-state index contributed by atoms with van der Waals surface area (Å²) in [5.74, 6) is 0.659. The molecule has 3 heteroatoms. The van der Waals surface area contributed by atoms with E-state index in [9.17, 15) is 0 Å². The third-order valence-electron chi connectivity index (χ3n) is 3.38. The molecule has 1 aromatic rings. The van der Waals surface area contributed by atoms with E-state index < -0.39 is 0 Å². The Morgan fingerprint density at radius 2 is 2.44 bits per heavy atom. The van der Waals surface area contributed by atoms with Crippen molar-refractivity contribution >= 4 is 5.69 Å². The normalized spacial score (nSPS) is 21.1. The Balaban J connectivity index is 2.10. The number of nitrogens with two attached hydrogens (primary N) is 1. The molecule has 1 aromatic heterocycles. The van der Waals surface area contributed by atoms with Crippen LogP contribution in [0.15, 0.2) is 18.3 Å². The molecule has 1 aliphatic heterocycles. The Kier molecular flexibility index (Phi) is 3.78. The summed E-state index contributed by atoms with van der Waals surface area (Å²) in [6, 6.07) is 4.32. The van der Waals surface area contributed by atoms with E-state index in [2.05, 4.69) is 28.9 Å². The first-order chi connectivity index (χ1) is 7.83. The Morgan fingerprint density at radius 3 is 3.19 bits per heavy atom. The molecule has 0 amide bonds. The van der Waals surface area contributed by atoms with E-state index in [0.29, 0.717) is 5.92 Å². The van der Waals surface area contributed by atoms with Crippen molar-refractivity contribution in [3.8, 4) is 0 Å². The van der Waals surface area contributed by atoms with Gasteiger partial charge in [-0.3, -0.25) is 4.98 Å². The lowest BCUT2D eigenvalue weighted by molar-refractivity contribution is 0.423. The van der Waals surface area contributed by atoms with Crippen LogP contribution in [0.3, 0.4) is 0 Å². The fourth-order valence-electron chi connectivity index (χ4n) is 2.35. The van der Waals surface area contributed by atoms with Crippen LogP contribution in [0.4, 0.5) is 5.69 Å². The van der Waals surface area contributed by atoms with Crippen LogP contribution in [0.25, 0.3) is 0 Å². The monoisotopic (exact) mass is 219 g/mol. The van der Waals surface area contributed by atoms with Crippen LogP contribution in [0.5, 0.6) is 0 Å². The van der Waals surface area contributed by atoms with Crippen LogP contribution < -0.4 is 10.6 Å². The highest BCUT2D eigenvalue weighted by Gasteiger charge is 2.18. The second kappa shape index (κ2) is 5.30. The molecule has 1 atom stereocenters. The number of anilines is 1. The van der Waals surface area contributed by atoms with Gasteiger partial charge < -0.3 is 10.6 Å². The minimum Gasteiger partial charge on any atom is -0.371 e. The van der Waals surface area contributed by atoms with E-state index in [-0.39, 0.29) is 0 Å². The maximum atomic E-state index is 5.76. The van der Waals surface area contributed by atoms with Crippen molar-refractivity contribution in [1.29, 1.82) is 0 Å². The van der Waals surface area contributed by atoms with Crippen LogP contribution >= 0.6 is 0 Å². The molecule has 1 unspecified atom stereocenters. The smallest absolute Gasteiger partial charge is 0.0421 e. The Labute approximate surface area is 97.7 Å². The topological polar surface area (TPSA) is 42.1 Å². The van der Waals surface area contributed by atoms with Gasteiger partial charge in [0, 0.05) is 30.7 Å². The molecule has 2 rings (SSSR count). The standard InChI is InChI=1S/C13H21N3/c1-2-12-8-13(5-6-15-12)16-7-3-4-11(9-14)10-16/h5-6,8,11H,2-4,7,9-10,14H2,1H3. The molecule has 0 aliphatic carbocycles. The van der Waals surface area contributed by atoms with Gasteiger partial charge in [-0.2, -0.15) is 0 Å². The van der Waals surface area contributed by atoms with Gasteiger partial charge in [-0.25, -0.2) is 0 Å². The van der Waals surface area contributed by atoms with Crippen LogP contribution in [0.2, 0.25) is 0 Å². The van der Waals surface area contributed by atoms with Gasteiger partial charge in [-0.1, -0.05) is 6.92 Å². The van der Waals surface area contributed by atoms with E-state index in [0.717, 1.165) is 26.1 Å². The molecule has 1 aliphatic rings. The molecule has 3 nitrogen and oxygen atoms in total. The molecular formula is C13H21N3. The van der Waals surface area contributed by atoms with Crippen molar-refractivity contribution in [3.63, 3.8) is 0 Å². The number of rotatable bonds is 3. The van der Waals surface area contributed by atoms with Crippen molar-refractivity contribution < 1.29 is 0 Å². The minimum absolute atomic E-state index is 0.659. The van der Waals surface area contributed by atoms with Gasteiger partial charge in [-0.15, -0.1) is 0 Å². The highest BCUT2D eigenvalue weighted by atomic mass is 15.1. The molecule has 2 heterocycles. The molecule has 16 heavy (non-hydrogen) atoms. The molecule has 0 saturated carbocycles. The van der Waals surface area contributed by atoms with Crippen molar-refractivity contribution in [1.82, 2.24) is 4.98 Å². The zero-order chi connectivity index (χ0) is 11.4.